The van der Waals surface area contributed by atoms with Gasteiger partial charge in [-0.05, 0) is 50.5 Å². The molecule has 7 nitrogen and oxygen atoms in total. The van der Waals surface area contributed by atoms with Crippen LogP contribution in [-0.2, 0) is 11.2 Å². The molecule has 7 heteroatoms. The Hall–Kier alpha value is -2.67. The summed E-state index contributed by atoms with van der Waals surface area (Å²) in [6.45, 7) is 4.68. The average molecular weight is 402 g/mol. The van der Waals surface area contributed by atoms with Crippen molar-refractivity contribution in [3.8, 4) is 11.5 Å². The van der Waals surface area contributed by atoms with Crippen molar-refractivity contribution in [1.82, 2.24) is 5.32 Å². The molecule has 158 valence electrons. The lowest BCUT2D eigenvalue weighted by Crippen LogP contribution is -2.34. The van der Waals surface area contributed by atoms with Crippen LogP contribution in [0.3, 0.4) is 0 Å². The molecule has 1 aliphatic rings. The van der Waals surface area contributed by atoms with Crippen LogP contribution in [0.2, 0.25) is 0 Å². The Kier molecular flexibility index (Phi) is 8.25. The minimum atomic E-state index is 0.183. The number of hydrogen-bond donors (Lipinski definition) is 2. The number of ether oxygens (including phenoxy) is 3. The average Bonchev–Trinajstić information content (AvgIpc) is 3.27. The molecule has 0 bridgehead atoms. The van der Waals surface area contributed by atoms with Gasteiger partial charge in [-0.15, -0.1) is 0 Å². The van der Waals surface area contributed by atoms with Crippen LogP contribution >= 0.6 is 0 Å². The van der Waals surface area contributed by atoms with Crippen molar-refractivity contribution in [2.45, 2.75) is 38.7 Å². The highest BCUT2D eigenvalue weighted by Crippen LogP contribution is 2.30. The molecule has 3 rings (SSSR count). The molecule has 2 aromatic rings. The summed E-state index contributed by atoms with van der Waals surface area (Å²) in [5, 5.41) is 6.74. The van der Waals surface area contributed by atoms with E-state index >= 15 is 0 Å². The fourth-order valence-electron chi connectivity index (χ4n) is 3.20. The third-order valence-electron chi connectivity index (χ3n) is 4.70. The number of rotatable bonds is 9. The molecular formula is C22H31N3O4. The zero-order valence-corrected chi connectivity index (χ0v) is 17.3. The number of furan rings is 1. The molecule has 1 atom stereocenters. The molecule has 0 aliphatic carbocycles. The Morgan fingerprint density at radius 1 is 1.24 bits per heavy atom. The Labute approximate surface area is 172 Å². The molecule has 0 saturated carbocycles. The van der Waals surface area contributed by atoms with Gasteiger partial charge in [-0.3, -0.25) is 4.99 Å². The van der Waals surface area contributed by atoms with E-state index in [1.807, 2.05) is 37.3 Å². The monoisotopic (exact) mass is 401 g/mol. The molecule has 1 aliphatic heterocycles. The number of guanidine groups is 1. The van der Waals surface area contributed by atoms with Crippen molar-refractivity contribution < 1.29 is 18.6 Å². The van der Waals surface area contributed by atoms with E-state index in [1.54, 1.807) is 13.4 Å². The topological polar surface area (TPSA) is 77.2 Å². The van der Waals surface area contributed by atoms with Crippen molar-refractivity contribution in [2.24, 2.45) is 4.99 Å². The summed E-state index contributed by atoms with van der Waals surface area (Å²) < 4.78 is 22.3. The van der Waals surface area contributed by atoms with E-state index in [-0.39, 0.29) is 6.10 Å². The maximum atomic E-state index is 5.81. The van der Waals surface area contributed by atoms with E-state index < -0.39 is 0 Å². The summed E-state index contributed by atoms with van der Waals surface area (Å²) in [7, 11) is 1.64. The third-order valence-corrected chi connectivity index (χ3v) is 4.70. The van der Waals surface area contributed by atoms with Crippen LogP contribution in [0.25, 0.3) is 0 Å². The zero-order chi connectivity index (χ0) is 20.3. The number of nitrogens with zero attached hydrogens (tertiary/aromatic N) is 1. The van der Waals surface area contributed by atoms with Gasteiger partial charge >= 0.3 is 0 Å². The second kappa shape index (κ2) is 11.4. The molecule has 1 aromatic heterocycles. The Balaban J connectivity index is 1.66. The fourth-order valence-corrected chi connectivity index (χ4v) is 3.20. The van der Waals surface area contributed by atoms with Gasteiger partial charge in [-0.2, -0.15) is 0 Å². The predicted octanol–water partition coefficient (Wildman–Crippen LogP) is 3.86. The first-order valence-corrected chi connectivity index (χ1v) is 10.3. The maximum absolute atomic E-state index is 5.81. The highest BCUT2D eigenvalue weighted by molar-refractivity contribution is 5.94. The van der Waals surface area contributed by atoms with Crippen LogP contribution in [0, 0.1) is 0 Å². The SMILES string of the molecule is CCOc1cc(NC(=NCC2CCCCO2)NCCc2ccco2)ccc1OC. The highest BCUT2D eigenvalue weighted by atomic mass is 16.5. The minimum absolute atomic E-state index is 0.183. The number of methoxy groups -OCH3 is 1. The highest BCUT2D eigenvalue weighted by Gasteiger charge is 2.14. The van der Waals surface area contributed by atoms with Gasteiger partial charge in [0.15, 0.2) is 17.5 Å². The van der Waals surface area contributed by atoms with E-state index in [0.29, 0.717) is 37.2 Å². The lowest BCUT2D eigenvalue weighted by atomic mass is 10.1. The second-order valence-corrected chi connectivity index (χ2v) is 6.86. The van der Waals surface area contributed by atoms with Crippen LogP contribution < -0.4 is 20.1 Å². The molecule has 2 N–H and O–H groups in total. The van der Waals surface area contributed by atoms with Gasteiger partial charge in [0.25, 0.3) is 0 Å². The Morgan fingerprint density at radius 3 is 2.90 bits per heavy atom. The summed E-state index contributed by atoms with van der Waals surface area (Å²) in [6, 6.07) is 9.62. The number of nitrogens with one attached hydrogen (secondary N) is 2. The molecule has 1 unspecified atom stereocenters. The van der Waals surface area contributed by atoms with Gasteiger partial charge in [0, 0.05) is 31.3 Å². The summed E-state index contributed by atoms with van der Waals surface area (Å²) >= 11 is 0. The standard InChI is InChI=1S/C22H31N3O4/c1-3-27-21-15-17(9-10-20(21)26-2)25-22(23-12-11-18-8-6-14-28-18)24-16-19-7-4-5-13-29-19/h6,8-10,14-15,19H,3-5,7,11-13,16H2,1-2H3,(H2,23,24,25). The Bertz CT molecular complexity index is 755. The van der Waals surface area contributed by atoms with Gasteiger partial charge < -0.3 is 29.3 Å². The first kappa shape index (κ1) is 21.0. The molecule has 1 fully saturated rings. The van der Waals surface area contributed by atoms with Crippen molar-refractivity contribution >= 4 is 11.6 Å². The quantitative estimate of drug-likeness (QED) is 0.491. The molecule has 0 radical (unpaired) electrons. The van der Waals surface area contributed by atoms with Gasteiger partial charge in [0.05, 0.1) is 32.6 Å². The molecule has 29 heavy (non-hydrogen) atoms. The first-order valence-electron chi connectivity index (χ1n) is 10.3. The first-order chi connectivity index (χ1) is 14.3. The maximum Gasteiger partial charge on any atom is 0.195 e. The molecule has 1 aromatic carbocycles. The van der Waals surface area contributed by atoms with Crippen molar-refractivity contribution in [1.29, 1.82) is 0 Å². The van der Waals surface area contributed by atoms with Gasteiger partial charge in [0.1, 0.15) is 5.76 Å². The number of aliphatic imine (C=N–C) groups is 1. The predicted molar refractivity (Wildman–Crippen MR) is 114 cm³/mol. The lowest BCUT2D eigenvalue weighted by Gasteiger charge is -2.21. The zero-order valence-electron chi connectivity index (χ0n) is 17.3. The van der Waals surface area contributed by atoms with Gasteiger partial charge in [-0.25, -0.2) is 0 Å². The van der Waals surface area contributed by atoms with Crippen LogP contribution in [0.4, 0.5) is 5.69 Å². The number of hydrogen-bond acceptors (Lipinski definition) is 5. The van der Waals surface area contributed by atoms with Crippen LogP contribution in [0.15, 0.2) is 46.0 Å². The van der Waals surface area contributed by atoms with E-state index in [4.69, 9.17) is 23.6 Å². The van der Waals surface area contributed by atoms with E-state index in [1.165, 1.54) is 6.42 Å². The van der Waals surface area contributed by atoms with E-state index in [2.05, 4.69) is 10.6 Å². The van der Waals surface area contributed by atoms with E-state index in [9.17, 15) is 0 Å². The summed E-state index contributed by atoms with van der Waals surface area (Å²) in [4.78, 5) is 4.75. The molecular weight excluding hydrogens is 370 g/mol. The molecule has 0 amide bonds. The van der Waals surface area contributed by atoms with Crippen molar-refractivity contribution in [3.63, 3.8) is 0 Å². The minimum Gasteiger partial charge on any atom is -0.493 e. The largest absolute Gasteiger partial charge is 0.493 e. The molecule has 1 saturated heterocycles. The summed E-state index contributed by atoms with van der Waals surface area (Å²) in [5.41, 5.74) is 0.878. The summed E-state index contributed by atoms with van der Waals surface area (Å²) in [5.74, 6) is 3.05. The Morgan fingerprint density at radius 2 is 2.17 bits per heavy atom. The van der Waals surface area contributed by atoms with Crippen molar-refractivity contribution in [3.05, 3.63) is 42.4 Å². The van der Waals surface area contributed by atoms with Crippen molar-refractivity contribution in [2.75, 3.05) is 38.7 Å². The smallest absolute Gasteiger partial charge is 0.195 e. The fraction of sp³-hybridized carbons (Fsp3) is 0.500. The number of benzene rings is 1. The third kappa shape index (κ3) is 6.71. The number of anilines is 1. The van der Waals surface area contributed by atoms with E-state index in [0.717, 1.165) is 37.3 Å². The summed E-state index contributed by atoms with van der Waals surface area (Å²) in [6.07, 6.45) is 6.04. The normalized spacial score (nSPS) is 17.0. The van der Waals surface area contributed by atoms with Crippen LogP contribution in [-0.4, -0.2) is 45.5 Å². The van der Waals surface area contributed by atoms with Crippen LogP contribution in [0.1, 0.15) is 31.9 Å². The van der Waals surface area contributed by atoms with Crippen LogP contribution in [0.5, 0.6) is 11.5 Å². The lowest BCUT2D eigenvalue weighted by molar-refractivity contribution is 0.0225. The molecule has 0 spiro atoms. The van der Waals surface area contributed by atoms with Gasteiger partial charge in [-0.1, -0.05) is 0 Å². The molecule has 2 heterocycles. The van der Waals surface area contributed by atoms with Gasteiger partial charge in [0.2, 0.25) is 0 Å². The second-order valence-electron chi connectivity index (χ2n) is 6.86.